The lowest BCUT2D eigenvalue weighted by molar-refractivity contribution is -0.123. The van der Waals surface area contributed by atoms with Crippen LogP contribution in [0.15, 0.2) is 48.5 Å². The van der Waals surface area contributed by atoms with E-state index in [1.807, 2.05) is 0 Å². The summed E-state index contributed by atoms with van der Waals surface area (Å²) in [6.07, 6.45) is 3.48. The molecule has 2 aliphatic rings. The van der Waals surface area contributed by atoms with Gasteiger partial charge in [0.2, 0.25) is 5.91 Å². The number of para-hydroxylation sites is 1. The predicted molar refractivity (Wildman–Crippen MR) is 128 cm³/mol. The minimum absolute atomic E-state index is 0.203. The first kappa shape index (κ1) is 22.8. The number of primary amides is 1. The van der Waals surface area contributed by atoms with E-state index in [4.69, 9.17) is 5.73 Å². The maximum absolute atomic E-state index is 13.4. The lowest BCUT2D eigenvalue weighted by atomic mass is 9.95. The monoisotopic (exact) mass is 475 g/mol. The number of nitrogens with zero attached hydrogens (tertiary/aromatic N) is 3. The van der Waals surface area contributed by atoms with Gasteiger partial charge in [-0.05, 0) is 68.5 Å². The fraction of sp³-hybridized carbons (Fsp3) is 0.308. The number of amides is 3. The third kappa shape index (κ3) is 4.41. The summed E-state index contributed by atoms with van der Waals surface area (Å²) in [5, 5.41) is 7.44. The number of hydrogen-bond donors (Lipinski definition) is 2. The van der Waals surface area contributed by atoms with Crippen LogP contribution in [0.2, 0.25) is 0 Å². The van der Waals surface area contributed by atoms with Gasteiger partial charge in [0.1, 0.15) is 5.82 Å². The first-order chi connectivity index (χ1) is 16.9. The fourth-order valence-electron chi connectivity index (χ4n) is 4.91. The second-order valence-corrected chi connectivity index (χ2v) is 8.98. The number of aromatic nitrogens is 2. The van der Waals surface area contributed by atoms with Crippen LogP contribution in [-0.2, 0) is 17.6 Å². The van der Waals surface area contributed by atoms with Crippen molar-refractivity contribution in [2.24, 2.45) is 11.7 Å². The number of halogens is 1. The number of piperidine rings is 1. The molecule has 0 saturated carbocycles. The first-order valence-electron chi connectivity index (χ1n) is 11.8. The number of rotatable bonds is 5. The van der Waals surface area contributed by atoms with Gasteiger partial charge in [-0.2, -0.15) is 5.10 Å². The molecule has 1 aromatic heterocycles. The molecule has 2 heterocycles. The van der Waals surface area contributed by atoms with Gasteiger partial charge in [-0.25, -0.2) is 9.07 Å². The molecule has 2 aromatic carbocycles. The van der Waals surface area contributed by atoms with E-state index in [2.05, 4.69) is 10.4 Å². The quantitative estimate of drug-likeness (QED) is 0.591. The third-order valence-corrected chi connectivity index (χ3v) is 6.81. The van der Waals surface area contributed by atoms with E-state index in [9.17, 15) is 18.8 Å². The van der Waals surface area contributed by atoms with Crippen LogP contribution in [-0.4, -0.2) is 45.5 Å². The average molecular weight is 476 g/mol. The second kappa shape index (κ2) is 9.32. The van der Waals surface area contributed by atoms with Crippen molar-refractivity contribution in [2.45, 2.75) is 32.1 Å². The molecule has 0 unspecified atom stereocenters. The number of benzene rings is 2. The predicted octanol–water partition coefficient (Wildman–Crippen LogP) is 3.09. The van der Waals surface area contributed by atoms with Gasteiger partial charge in [0.25, 0.3) is 11.8 Å². The SMILES string of the molecule is NC(=O)C1CCN(C(=O)c2ccccc2NC(=O)c2nn(-c3ccc(F)cc3)c3c2CCC3)CC1. The number of fused-ring (bicyclic) bond motifs is 1. The smallest absolute Gasteiger partial charge is 0.276 e. The van der Waals surface area contributed by atoms with Crippen LogP contribution in [0.1, 0.15) is 51.4 Å². The lowest BCUT2D eigenvalue weighted by Gasteiger charge is -2.31. The number of hydrogen-bond acceptors (Lipinski definition) is 4. The molecule has 1 aliphatic carbocycles. The van der Waals surface area contributed by atoms with E-state index in [0.717, 1.165) is 30.5 Å². The number of nitrogens with one attached hydrogen (secondary N) is 1. The summed E-state index contributed by atoms with van der Waals surface area (Å²) in [7, 11) is 0. The van der Waals surface area contributed by atoms with Gasteiger partial charge in [0.15, 0.2) is 5.69 Å². The van der Waals surface area contributed by atoms with Gasteiger partial charge >= 0.3 is 0 Å². The summed E-state index contributed by atoms with van der Waals surface area (Å²) in [4.78, 5) is 39.7. The van der Waals surface area contributed by atoms with Crippen LogP contribution in [0.4, 0.5) is 10.1 Å². The maximum Gasteiger partial charge on any atom is 0.276 e. The zero-order valence-corrected chi connectivity index (χ0v) is 19.2. The number of carbonyl (C=O) groups excluding carboxylic acids is 3. The summed E-state index contributed by atoms with van der Waals surface area (Å²) in [6, 6.07) is 12.9. The molecule has 5 rings (SSSR count). The minimum atomic E-state index is -0.392. The van der Waals surface area contributed by atoms with Gasteiger partial charge < -0.3 is 16.0 Å². The Morgan fingerprint density at radius 2 is 1.71 bits per heavy atom. The molecule has 3 aromatic rings. The van der Waals surface area contributed by atoms with Crippen LogP contribution in [0.25, 0.3) is 5.69 Å². The van der Waals surface area contributed by atoms with Crippen LogP contribution in [0, 0.1) is 11.7 Å². The molecule has 0 bridgehead atoms. The molecule has 1 fully saturated rings. The normalized spacial score (nSPS) is 15.6. The Morgan fingerprint density at radius 1 is 1.00 bits per heavy atom. The molecule has 180 valence electrons. The topological polar surface area (TPSA) is 110 Å². The maximum atomic E-state index is 13.4. The Morgan fingerprint density at radius 3 is 2.43 bits per heavy atom. The molecule has 1 aliphatic heterocycles. The lowest BCUT2D eigenvalue weighted by Crippen LogP contribution is -2.42. The van der Waals surface area contributed by atoms with Gasteiger partial charge in [-0.3, -0.25) is 14.4 Å². The first-order valence-corrected chi connectivity index (χ1v) is 11.8. The number of nitrogens with two attached hydrogens (primary N) is 1. The van der Waals surface area contributed by atoms with Crippen molar-refractivity contribution in [1.82, 2.24) is 14.7 Å². The summed E-state index contributed by atoms with van der Waals surface area (Å²) in [6.45, 7) is 0.870. The average Bonchev–Trinajstić information content (AvgIpc) is 3.48. The Kier molecular flexibility index (Phi) is 6.07. The molecule has 1 saturated heterocycles. The minimum Gasteiger partial charge on any atom is -0.369 e. The van der Waals surface area contributed by atoms with Gasteiger partial charge in [0, 0.05) is 30.3 Å². The number of carbonyl (C=O) groups is 3. The molecular formula is C26H26FN5O3. The summed E-state index contributed by atoms with van der Waals surface area (Å²) >= 11 is 0. The molecule has 0 spiro atoms. The van der Waals surface area contributed by atoms with E-state index >= 15 is 0 Å². The van der Waals surface area contributed by atoms with Gasteiger partial charge in [-0.15, -0.1) is 0 Å². The highest BCUT2D eigenvalue weighted by Gasteiger charge is 2.30. The zero-order chi connectivity index (χ0) is 24.5. The summed E-state index contributed by atoms with van der Waals surface area (Å²) in [5.41, 5.74) is 9.02. The standard InChI is InChI=1S/C26H26FN5O3/c27-17-8-10-18(11-9-17)32-22-7-3-5-20(22)23(30-32)25(34)29-21-6-2-1-4-19(21)26(35)31-14-12-16(13-15-31)24(28)33/h1-2,4,6,8-11,16H,3,5,7,12-15H2,(H2,28,33)(H,29,34). The van der Waals surface area contributed by atoms with Crippen molar-refractivity contribution >= 4 is 23.4 Å². The summed E-state index contributed by atoms with van der Waals surface area (Å²) < 4.78 is 15.1. The summed E-state index contributed by atoms with van der Waals surface area (Å²) in [5.74, 6) is -1.48. The number of likely N-dealkylation sites (tertiary alicyclic amines) is 1. The Bertz CT molecular complexity index is 1290. The van der Waals surface area contributed by atoms with Crippen molar-refractivity contribution in [1.29, 1.82) is 0 Å². The van der Waals surface area contributed by atoms with Crippen LogP contribution < -0.4 is 11.1 Å². The number of anilines is 1. The van der Waals surface area contributed by atoms with Crippen molar-refractivity contribution in [3.8, 4) is 5.69 Å². The highest BCUT2D eigenvalue weighted by atomic mass is 19.1. The molecular weight excluding hydrogens is 449 g/mol. The second-order valence-electron chi connectivity index (χ2n) is 8.98. The Labute approximate surface area is 201 Å². The highest BCUT2D eigenvalue weighted by Crippen LogP contribution is 2.29. The molecule has 35 heavy (non-hydrogen) atoms. The van der Waals surface area contributed by atoms with Crippen molar-refractivity contribution in [2.75, 3.05) is 18.4 Å². The van der Waals surface area contributed by atoms with E-state index in [1.54, 1.807) is 46.0 Å². The van der Waals surface area contributed by atoms with Gasteiger partial charge in [0.05, 0.1) is 16.9 Å². The van der Waals surface area contributed by atoms with Crippen LogP contribution in [0.5, 0.6) is 0 Å². The van der Waals surface area contributed by atoms with Crippen LogP contribution >= 0.6 is 0 Å². The molecule has 9 heteroatoms. The molecule has 3 N–H and O–H groups in total. The highest BCUT2D eigenvalue weighted by molar-refractivity contribution is 6.09. The Balaban J connectivity index is 1.38. The van der Waals surface area contributed by atoms with Crippen LogP contribution in [0.3, 0.4) is 0 Å². The zero-order valence-electron chi connectivity index (χ0n) is 19.2. The fourth-order valence-corrected chi connectivity index (χ4v) is 4.91. The van der Waals surface area contributed by atoms with E-state index < -0.39 is 5.91 Å². The molecule has 8 nitrogen and oxygen atoms in total. The van der Waals surface area contributed by atoms with Crippen molar-refractivity contribution < 1.29 is 18.8 Å². The van der Waals surface area contributed by atoms with E-state index in [0.29, 0.717) is 48.6 Å². The molecule has 0 atom stereocenters. The van der Waals surface area contributed by atoms with E-state index in [-0.39, 0.29) is 23.5 Å². The van der Waals surface area contributed by atoms with Crippen molar-refractivity contribution in [3.63, 3.8) is 0 Å². The molecule has 3 amide bonds. The third-order valence-electron chi connectivity index (χ3n) is 6.81. The van der Waals surface area contributed by atoms with Gasteiger partial charge in [-0.1, -0.05) is 12.1 Å². The molecule has 0 radical (unpaired) electrons. The van der Waals surface area contributed by atoms with Crippen molar-refractivity contribution in [3.05, 3.63) is 76.9 Å². The van der Waals surface area contributed by atoms with E-state index in [1.165, 1.54) is 12.1 Å². The Hall–Kier alpha value is -4.01. The largest absolute Gasteiger partial charge is 0.369 e.